The van der Waals surface area contributed by atoms with Gasteiger partial charge in [0.1, 0.15) is 27.2 Å². The first-order valence-corrected chi connectivity index (χ1v) is 40.9. The molecular formula is C78H100N2SSi2. The highest BCUT2D eigenvalue weighted by Gasteiger charge is 2.44. The molecule has 0 atom stereocenters. The van der Waals surface area contributed by atoms with E-state index in [1.807, 2.05) is 0 Å². The Morgan fingerprint density at radius 1 is 0.325 bits per heavy atom. The maximum absolute atomic E-state index is 4.88. The molecule has 1 aromatic heterocycles. The summed E-state index contributed by atoms with van der Waals surface area (Å²) in [6, 6.07) is 32.8. The third kappa shape index (κ3) is 16.7. The first-order chi connectivity index (χ1) is 40.2. The minimum atomic E-state index is -1.55. The maximum atomic E-state index is 4.88. The minimum absolute atomic E-state index is 0.0565. The van der Waals surface area contributed by atoms with Crippen LogP contribution >= 0.6 is 11.7 Å². The van der Waals surface area contributed by atoms with Gasteiger partial charge in [-0.15, -0.1) is 11.1 Å². The van der Waals surface area contributed by atoms with Crippen LogP contribution in [0.4, 0.5) is 0 Å². The van der Waals surface area contributed by atoms with Gasteiger partial charge in [-0.25, -0.2) is 0 Å². The third-order valence-electron chi connectivity index (χ3n) is 17.8. The van der Waals surface area contributed by atoms with Crippen molar-refractivity contribution in [3.05, 3.63) is 141 Å². The van der Waals surface area contributed by atoms with E-state index in [1.54, 1.807) is 0 Å². The zero-order valence-corrected chi connectivity index (χ0v) is 56.0. The lowest BCUT2D eigenvalue weighted by Gasteiger charge is -2.33. The Hall–Kier alpha value is -5.41. The van der Waals surface area contributed by atoms with Crippen LogP contribution in [0.3, 0.4) is 0 Å². The van der Waals surface area contributed by atoms with Gasteiger partial charge in [-0.3, -0.25) is 0 Å². The van der Waals surface area contributed by atoms with E-state index in [-0.39, 0.29) is 10.8 Å². The SMILES string of the molecule is CCCCCCCCC1(CCCCCCCC)c2cc(C#Cc3ccc(C#Cc4ccc5c(c4)C(CCCCCCCC)(CCCCCCCC)c4cc(C#C[Si](C)(C)C)ccc4-5)c4nsnc34)ccc2-c2ccc(C#C[Si](C)(C)C)cc21. The number of rotatable bonds is 28. The molecule has 0 bridgehead atoms. The second-order valence-electron chi connectivity index (χ2n) is 26.9. The van der Waals surface area contributed by atoms with Crippen molar-refractivity contribution in [1.82, 2.24) is 8.75 Å². The van der Waals surface area contributed by atoms with Crippen molar-refractivity contribution in [2.75, 3.05) is 0 Å². The predicted molar refractivity (Wildman–Crippen MR) is 367 cm³/mol. The molecule has 0 N–H and O–H groups in total. The molecule has 0 fully saturated rings. The van der Waals surface area contributed by atoms with Crippen molar-refractivity contribution in [3.8, 4) is 68.9 Å². The molecule has 436 valence electrons. The molecule has 0 unspecified atom stereocenters. The number of hydrogen-bond acceptors (Lipinski definition) is 3. The van der Waals surface area contributed by atoms with E-state index in [2.05, 4.69) is 199 Å². The number of nitrogens with zero attached hydrogens (tertiary/aromatic N) is 2. The number of fused-ring (bicyclic) bond motifs is 7. The number of aromatic nitrogens is 2. The molecule has 5 aromatic carbocycles. The van der Waals surface area contributed by atoms with Crippen LogP contribution in [-0.4, -0.2) is 24.9 Å². The highest BCUT2D eigenvalue weighted by Crippen LogP contribution is 2.56. The molecule has 0 aliphatic heterocycles. The van der Waals surface area contributed by atoms with Gasteiger partial charge in [-0.05, 0) is 131 Å². The molecule has 83 heavy (non-hydrogen) atoms. The first kappa shape index (κ1) is 63.6. The van der Waals surface area contributed by atoms with Gasteiger partial charge in [-0.1, -0.05) is 281 Å². The zero-order valence-electron chi connectivity index (χ0n) is 53.2. The fourth-order valence-corrected chi connectivity index (χ4v) is 14.9. The standard InChI is InChI=1S/C78H100N2SSi2/c1-11-15-19-23-27-31-51-77(52-32-28-24-20-16-12-2)71-57-61(37-45-67(71)69-47-39-63(59-73(69)77)49-55-82(5,6)7)35-41-65-43-44-66(76-75(65)79-81-80-76)42-36-62-38-46-68-70-48-40-64(50-56-83(8,9)10)60-74(70)78(72(68)58-62,53-33-29-25-21-17-13-3)54-34-30-26-22-18-14-4/h37-40,43-48,57-60H,11-34,51-54H2,1-10H3. The predicted octanol–water partition coefficient (Wildman–Crippen LogP) is 22.5. The minimum Gasteiger partial charge on any atom is -0.172 e. The largest absolute Gasteiger partial charge is 0.172 e. The maximum Gasteiger partial charge on any atom is 0.129 e. The van der Waals surface area contributed by atoms with Crippen LogP contribution in [0.1, 0.15) is 263 Å². The van der Waals surface area contributed by atoms with E-state index in [1.165, 1.54) is 221 Å². The van der Waals surface area contributed by atoms with Crippen LogP contribution < -0.4 is 0 Å². The average Bonchev–Trinajstić information content (AvgIpc) is 4.13. The molecule has 6 aromatic rings. The Morgan fingerprint density at radius 3 is 0.867 bits per heavy atom. The summed E-state index contributed by atoms with van der Waals surface area (Å²) < 4.78 is 9.77. The quantitative estimate of drug-likeness (QED) is 0.0278. The van der Waals surface area contributed by atoms with Gasteiger partial charge in [-0.2, -0.15) is 8.75 Å². The summed E-state index contributed by atoms with van der Waals surface area (Å²) in [4.78, 5) is 0. The molecule has 2 nitrogen and oxygen atoms in total. The Morgan fingerprint density at radius 2 is 0.590 bits per heavy atom. The lowest BCUT2D eigenvalue weighted by molar-refractivity contribution is 0.397. The van der Waals surface area contributed by atoms with Crippen LogP contribution in [0.15, 0.2) is 84.9 Å². The summed E-state index contributed by atoms with van der Waals surface area (Å²) in [7, 11) is -3.10. The normalized spacial score (nSPS) is 13.4. The van der Waals surface area contributed by atoms with Crippen molar-refractivity contribution in [3.63, 3.8) is 0 Å². The molecule has 0 amide bonds. The second kappa shape index (κ2) is 30.6. The molecule has 0 radical (unpaired) electrons. The van der Waals surface area contributed by atoms with E-state index in [9.17, 15) is 0 Å². The highest BCUT2D eigenvalue weighted by molar-refractivity contribution is 7.00. The first-order valence-electron chi connectivity index (χ1n) is 33.2. The summed E-state index contributed by atoms with van der Waals surface area (Å²) >= 11 is 1.26. The van der Waals surface area contributed by atoms with Gasteiger partial charge < -0.3 is 0 Å². The third-order valence-corrected chi connectivity index (χ3v) is 20.1. The van der Waals surface area contributed by atoms with Crippen molar-refractivity contribution in [2.24, 2.45) is 0 Å². The molecule has 0 saturated heterocycles. The lowest BCUT2D eigenvalue weighted by atomic mass is 9.70. The van der Waals surface area contributed by atoms with Crippen LogP contribution in [0, 0.1) is 46.6 Å². The van der Waals surface area contributed by atoms with Gasteiger partial charge >= 0.3 is 0 Å². The summed E-state index contributed by atoms with van der Waals surface area (Å²) in [5, 5.41) is 0. The molecule has 0 spiro atoms. The number of hydrogen-bond donors (Lipinski definition) is 0. The smallest absolute Gasteiger partial charge is 0.129 e. The molecule has 5 heteroatoms. The highest BCUT2D eigenvalue weighted by atomic mass is 32.1. The van der Waals surface area contributed by atoms with Crippen molar-refractivity contribution < 1.29 is 0 Å². The van der Waals surface area contributed by atoms with Crippen molar-refractivity contribution >= 4 is 38.9 Å². The Balaban J connectivity index is 1.12. The van der Waals surface area contributed by atoms with E-state index in [0.29, 0.717) is 0 Å². The van der Waals surface area contributed by atoms with Crippen molar-refractivity contribution in [1.29, 1.82) is 0 Å². The number of unbranched alkanes of at least 4 members (excludes halogenated alkanes) is 20. The summed E-state index contributed by atoms with van der Waals surface area (Å²) in [6.45, 7) is 23.3. The summed E-state index contributed by atoms with van der Waals surface area (Å²) in [5.41, 5.74) is 26.7. The van der Waals surface area contributed by atoms with E-state index in [4.69, 9.17) is 8.75 Å². The summed E-state index contributed by atoms with van der Waals surface area (Å²) in [6.07, 6.45) is 35.8. The molecule has 1 heterocycles. The molecule has 2 aliphatic carbocycles. The molecule has 0 saturated carbocycles. The Kier molecular flexibility index (Phi) is 23.5. The Bertz CT molecular complexity index is 3130. The van der Waals surface area contributed by atoms with Gasteiger partial charge in [0.05, 0.1) is 22.9 Å². The van der Waals surface area contributed by atoms with Gasteiger partial charge in [0, 0.05) is 33.1 Å². The van der Waals surface area contributed by atoms with Crippen LogP contribution in [-0.2, 0) is 10.8 Å². The van der Waals surface area contributed by atoms with Crippen LogP contribution in [0.25, 0.3) is 33.3 Å². The monoisotopic (exact) mass is 1150 g/mol. The average molecular weight is 1150 g/mol. The fraction of sp³-hybridized carbons (Fsp3) is 0.513. The lowest BCUT2D eigenvalue weighted by Crippen LogP contribution is -2.26. The second-order valence-corrected chi connectivity index (χ2v) is 36.9. The van der Waals surface area contributed by atoms with Gasteiger partial charge in [0.25, 0.3) is 0 Å². The van der Waals surface area contributed by atoms with Crippen LogP contribution in [0.2, 0.25) is 39.3 Å². The Labute approximate surface area is 511 Å². The van der Waals surface area contributed by atoms with E-state index < -0.39 is 16.1 Å². The van der Waals surface area contributed by atoms with Crippen molar-refractivity contribution in [2.45, 2.75) is 258 Å². The topological polar surface area (TPSA) is 25.8 Å². The van der Waals surface area contributed by atoms with Gasteiger partial charge in [0.2, 0.25) is 0 Å². The summed E-state index contributed by atoms with van der Waals surface area (Å²) in [5.74, 6) is 21.9. The molecular weight excluding hydrogens is 1050 g/mol. The number of benzene rings is 5. The molecule has 2 aliphatic rings. The van der Waals surface area contributed by atoms with E-state index >= 15 is 0 Å². The van der Waals surface area contributed by atoms with E-state index in [0.717, 1.165) is 59.0 Å². The van der Waals surface area contributed by atoms with Gasteiger partial charge in [0.15, 0.2) is 0 Å². The molecule has 8 rings (SSSR count). The van der Waals surface area contributed by atoms with Crippen LogP contribution in [0.5, 0.6) is 0 Å². The fourth-order valence-electron chi connectivity index (χ4n) is 13.3. The zero-order chi connectivity index (χ0) is 58.7.